The molecule has 112 valence electrons. The summed E-state index contributed by atoms with van der Waals surface area (Å²) < 4.78 is 1.69. The van der Waals surface area contributed by atoms with Crippen LogP contribution in [0.2, 0.25) is 5.15 Å². The first-order valence-electron chi connectivity index (χ1n) is 6.75. The van der Waals surface area contributed by atoms with E-state index >= 15 is 0 Å². The minimum atomic E-state index is -0.192. The van der Waals surface area contributed by atoms with Gasteiger partial charge in [0.05, 0.1) is 6.20 Å². The molecule has 0 aliphatic heterocycles. The van der Waals surface area contributed by atoms with E-state index in [0.29, 0.717) is 23.1 Å². The zero-order chi connectivity index (χ0) is 15.2. The third-order valence-corrected chi connectivity index (χ3v) is 3.02. The van der Waals surface area contributed by atoms with Crippen LogP contribution in [0.4, 0.5) is 5.82 Å². The van der Waals surface area contributed by atoms with Crippen LogP contribution in [0.3, 0.4) is 0 Å². The summed E-state index contributed by atoms with van der Waals surface area (Å²) in [5.74, 6) is 0.415. The highest BCUT2D eigenvalue weighted by Crippen LogP contribution is 2.14. The fourth-order valence-corrected chi connectivity index (χ4v) is 2.03. The SMILES string of the molecule is CCCNc1cc(C(=O)NCc2cnn(C)c2)cc(Cl)n1. The lowest BCUT2D eigenvalue weighted by molar-refractivity contribution is 0.0951. The summed E-state index contributed by atoms with van der Waals surface area (Å²) in [5.41, 5.74) is 1.42. The molecule has 0 unspecified atom stereocenters. The molecule has 0 saturated heterocycles. The number of aryl methyl sites for hydroxylation is 1. The molecule has 0 fully saturated rings. The molecule has 0 radical (unpaired) electrons. The van der Waals surface area contributed by atoms with Crippen molar-refractivity contribution < 1.29 is 4.79 Å². The monoisotopic (exact) mass is 307 g/mol. The maximum atomic E-state index is 12.2. The summed E-state index contributed by atoms with van der Waals surface area (Å²) >= 11 is 5.95. The van der Waals surface area contributed by atoms with Gasteiger partial charge in [0.1, 0.15) is 11.0 Å². The molecule has 0 saturated carbocycles. The molecule has 21 heavy (non-hydrogen) atoms. The number of aromatic nitrogens is 3. The van der Waals surface area contributed by atoms with Crippen molar-refractivity contribution in [3.63, 3.8) is 0 Å². The van der Waals surface area contributed by atoms with Crippen molar-refractivity contribution >= 4 is 23.3 Å². The van der Waals surface area contributed by atoms with Gasteiger partial charge in [-0.05, 0) is 18.6 Å². The molecule has 6 nitrogen and oxygen atoms in total. The second kappa shape index (κ2) is 7.08. The zero-order valence-corrected chi connectivity index (χ0v) is 12.8. The number of carbonyl (C=O) groups is 1. The lowest BCUT2D eigenvalue weighted by atomic mass is 10.2. The predicted molar refractivity (Wildman–Crippen MR) is 82.4 cm³/mol. The van der Waals surface area contributed by atoms with E-state index in [0.717, 1.165) is 18.5 Å². The highest BCUT2D eigenvalue weighted by molar-refractivity contribution is 6.29. The van der Waals surface area contributed by atoms with E-state index in [-0.39, 0.29) is 5.91 Å². The van der Waals surface area contributed by atoms with Crippen molar-refractivity contribution in [2.75, 3.05) is 11.9 Å². The molecule has 7 heteroatoms. The van der Waals surface area contributed by atoms with Gasteiger partial charge in [-0.3, -0.25) is 9.48 Å². The highest BCUT2D eigenvalue weighted by Gasteiger charge is 2.09. The standard InChI is InChI=1S/C14H18ClN5O/c1-3-4-16-13-6-11(5-12(15)19-13)14(21)17-7-10-8-18-20(2)9-10/h5-6,8-9H,3-4,7H2,1-2H3,(H,16,19)(H,17,21). The Hall–Kier alpha value is -2.08. The number of hydrogen-bond donors (Lipinski definition) is 2. The molecule has 0 spiro atoms. The van der Waals surface area contributed by atoms with Gasteiger partial charge in [0.15, 0.2) is 0 Å². The quantitative estimate of drug-likeness (QED) is 0.803. The van der Waals surface area contributed by atoms with Crippen molar-refractivity contribution in [3.05, 3.63) is 40.8 Å². The lowest BCUT2D eigenvalue weighted by Crippen LogP contribution is -2.23. The maximum absolute atomic E-state index is 12.2. The van der Waals surface area contributed by atoms with Crippen LogP contribution in [-0.4, -0.2) is 27.2 Å². The second-order valence-electron chi connectivity index (χ2n) is 4.70. The fourth-order valence-electron chi connectivity index (χ4n) is 1.82. The number of nitrogens with one attached hydrogen (secondary N) is 2. The molecule has 2 aromatic rings. The van der Waals surface area contributed by atoms with Crippen molar-refractivity contribution in [1.82, 2.24) is 20.1 Å². The van der Waals surface area contributed by atoms with Gasteiger partial charge in [0.2, 0.25) is 0 Å². The number of rotatable bonds is 6. The van der Waals surface area contributed by atoms with Crippen LogP contribution in [-0.2, 0) is 13.6 Å². The highest BCUT2D eigenvalue weighted by atomic mass is 35.5. The van der Waals surface area contributed by atoms with E-state index < -0.39 is 0 Å². The van der Waals surface area contributed by atoms with Crippen LogP contribution in [0, 0.1) is 0 Å². The van der Waals surface area contributed by atoms with Gasteiger partial charge in [0.25, 0.3) is 5.91 Å². The maximum Gasteiger partial charge on any atom is 0.251 e. The van der Waals surface area contributed by atoms with E-state index in [9.17, 15) is 4.79 Å². The smallest absolute Gasteiger partial charge is 0.251 e. The Bertz CT molecular complexity index is 626. The van der Waals surface area contributed by atoms with Gasteiger partial charge < -0.3 is 10.6 Å². The van der Waals surface area contributed by atoms with Crippen molar-refractivity contribution in [2.24, 2.45) is 7.05 Å². The molecule has 2 N–H and O–H groups in total. The van der Waals surface area contributed by atoms with E-state index in [2.05, 4.69) is 27.6 Å². The first-order chi connectivity index (χ1) is 10.1. The normalized spacial score (nSPS) is 10.4. The van der Waals surface area contributed by atoms with Crippen molar-refractivity contribution in [1.29, 1.82) is 0 Å². The predicted octanol–water partition coefficient (Wildman–Crippen LogP) is 2.22. The minimum Gasteiger partial charge on any atom is -0.370 e. The molecule has 0 aromatic carbocycles. The lowest BCUT2D eigenvalue weighted by Gasteiger charge is -2.08. The molecule has 2 aromatic heterocycles. The van der Waals surface area contributed by atoms with Crippen LogP contribution < -0.4 is 10.6 Å². The summed E-state index contributed by atoms with van der Waals surface area (Å²) in [6, 6.07) is 3.25. The topological polar surface area (TPSA) is 71.8 Å². The first kappa shape index (κ1) is 15.3. The summed E-state index contributed by atoms with van der Waals surface area (Å²) in [5, 5.41) is 10.3. The molecule has 2 rings (SSSR count). The van der Waals surface area contributed by atoms with Crippen LogP contribution in [0.5, 0.6) is 0 Å². The van der Waals surface area contributed by atoms with Crippen LogP contribution in [0.15, 0.2) is 24.5 Å². The summed E-state index contributed by atoms with van der Waals surface area (Å²) in [6.07, 6.45) is 4.54. The Morgan fingerprint density at radius 2 is 2.24 bits per heavy atom. The number of carbonyl (C=O) groups excluding carboxylic acids is 1. The van der Waals surface area contributed by atoms with Crippen LogP contribution in [0.1, 0.15) is 29.3 Å². The molecule has 0 atom stereocenters. The summed E-state index contributed by atoms with van der Waals surface area (Å²) in [7, 11) is 1.83. The Morgan fingerprint density at radius 1 is 1.43 bits per heavy atom. The molecule has 2 heterocycles. The number of amides is 1. The average molecular weight is 308 g/mol. The van der Waals surface area contributed by atoms with E-state index in [1.165, 1.54) is 0 Å². The van der Waals surface area contributed by atoms with Crippen LogP contribution >= 0.6 is 11.6 Å². The van der Waals surface area contributed by atoms with Crippen molar-refractivity contribution in [2.45, 2.75) is 19.9 Å². The number of nitrogens with zero attached hydrogens (tertiary/aromatic N) is 3. The molecular weight excluding hydrogens is 290 g/mol. The Kier molecular flexibility index (Phi) is 5.16. The van der Waals surface area contributed by atoms with Gasteiger partial charge >= 0.3 is 0 Å². The fraction of sp³-hybridized carbons (Fsp3) is 0.357. The molecule has 1 amide bonds. The largest absolute Gasteiger partial charge is 0.370 e. The van der Waals surface area contributed by atoms with Gasteiger partial charge in [-0.1, -0.05) is 18.5 Å². The van der Waals surface area contributed by atoms with Gasteiger partial charge in [-0.15, -0.1) is 0 Å². The van der Waals surface area contributed by atoms with Gasteiger partial charge in [-0.2, -0.15) is 5.10 Å². The van der Waals surface area contributed by atoms with Gasteiger partial charge in [-0.25, -0.2) is 4.98 Å². The third-order valence-electron chi connectivity index (χ3n) is 2.82. The van der Waals surface area contributed by atoms with Gasteiger partial charge in [0, 0.05) is 37.5 Å². The summed E-state index contributed by atoms with van der Waals surface area (Å²) in [6.45, 7) is 3.26. The van der Waals surface area contributed by atoms with Crippen LogP contribution in [0.25, 0.3) is 0 Å². The number of hydrogen-bond acceptors (Lipinski definition) is 4. The zero-order valence-electron chi connectivity index (χ0n) is 12.1. The molecular formula is C14H18ClN5O. The molecule has 0 bridgehead atoms. The Labute approximate surface area is 128 Å². The number of halogens is 1. The number of pyridine rings is 1. The summed E-state index contributed by atoms with van der Waals surface area (Å²) in [4.78, 5) is 16.3. The van der Waals surface area contributed by atoms with Crippen molar-refractivity contribution in [3.8, 4) is 0 Å². The average Bonchev–Trinajstić information content (AvgIpc) is 2.87. The first-order valence-corrected chi connectivity index (χ1v) is 7.13. The third kappa shape index (κ3) is 4.46. The number of anilines is 1. The minimum absolute atomic E-state index is 0.192. The molecule has 0 aliphatic rings. The Morgan fingerprint density at radius 3 is 2.90 bits per heavy atom. The van der Waals surface area contributed by atoms with E-state index in [4.69, 9.17) is 11.6 Å². The van der Waals surface area contributed by atoms with E-state index in [1.54, 1.807) is 23.0 Å². The Balaban J connectivity index is 2.02. The second-order valence-corrected chi connectivity index (χ2v) is 5.08. The van der Waals surface area contributed by atoms with E-state index in [1.807, 2.05) is 13.2 Å². The molecule has 0 aliphatic carbocycles.